The molecule has 2 heteroatoms. The lowest BCUT2D eigenvalue weighted by Crippen LogP contribution is -2.73. The SMILES string of the molecule is CC1N(C)C(C)(C)C(C)NC1(C)C. The van der Waals surface area contributed by atoms with E-state index in [1.54, 1.807) is 0 Å². The minimum Gasteiger partial charge on any atom is -0.306 e. The van der Waals surface area contributed by atoms with Crippen LogP contribution in [0.3, 0.4) is 0 Å². The Morgan fingerprint density at radius 3 is 2.00 bits per heavy atom. The van der Waals surface area contributed by atoms with Gasteiger partial charge in [-0.15, -0.1) is 0 Å². The van der Waals surface area contributed by atoms with Crippen molar-refractivity contribution in [1.29, 1.82) is 0 Å². The highest BCUT2D eigenvalue weighted by Crippen LogP contribution is 2.31. The van der Waals surface area contributed by atoms with Gasteiger partial charge in [-0.1, -0.05) is 0 Å². The van der Waals surface area contributed by atoms with Gasteiger partial charge >= 0.3 is 0 Å². The zero-order chi connectivity index (χ0) is 10.4. The summed E-state index contributed by atoms with van der Waals surface area (Å²) in [6, 6.07) is 1.10. The van der Waals surface area contributed by atoms with E-state index < -0.39 is 0 Å². The maximum absolute atomic E-state index is 3.68. The zero-order valence-corrected chi connectivity index (χ0v) is 10.1. The molecular weight excluding hydrogens is 160 g/mol. The summed E-state index contributed by atoms with van der Waals surface area (Å²) < 4.78 is 0. The third-order valence-corrected chi connectivity index (χ3v) is 4.18. The first kappa shape index (κ1) is 11.0. The second-order valence-electron chi connectivity index (χ2n) is 5.53. The van der Waals surface area contributed by atoms with Gasteiger partial charge < -0.3 is 5.32 Å². The number of likely N-dealkylation sites (N-methyl/N-ethyl adjacent to an activating group) is 1. The van der Waals surface area contributed by atoms with Gasteiger partial charge in [0.15, 0.2) is 0 Å². The van der Waals surface area contributed by atoms with Gasteiger partial charge in [-0.25, -0.2) is 0 Å². The molecular formula is C11H24N2. The van der Waals surface area contributed by atoms with Crippen LogP contribution in [0.25, 0.3) is 0 Å². The Bertz CT molecular complexity index is 196. The first-order valence-corrected chi connectivity index (χ1v) is 5.20. The molecule has 1 fully saturated rings. The Hall–Kier alpha value is -0.0800. The van der Waals surface area contributed by atoms with Crippen LogP contribution in [0, 0.1) is 0 Å². The number of piperazine rings is 1. The van der Waals surface area contributed by atoms with Crippen LogP contribution < -0.4 is 5.32 Å². The molecule has 1 aliphatic heterocycles. The van der Waals surface area contributed by atoms with Crippen LogP contribution in [0.5, 0.6) is 0 Å². The molecule has 0 amide bonds. The van der Waals surface area contributed by atoms with Gasteiger partial charge in [0.05, 0.1) is 0 Å². The Labute approximate surface area is 82.7 Å². The van der Waals surface area contributed by atoms with Crippen LogP contribution in [0.2, 0.25) is 0 Å². The molecule has 1 rings (SSSR count). The molecule has 1 aliphatic rings. The minimum atomic E-state index is 0.212. The van der Waals surface area contributed by atoms with E-state index in [-0.39, 0.29) is 11.1 Å². The highest BCUT2D eigenvalue weighted by molar-refractivity contribution is 5.05. The molecule has 0 spiro atoms. The summed E-state index contributed by atoms with van der Waals surface area (Å²) in [7, 11) is 2.23. The monoisotopic (exact) mass is 184 g/mol. The van der Waals surface area contributed by atoms with Crippen molar-refractivity contribution in [1.82, 2.24) is 10.2 Å². The molecule has 2 unspecified atom stereocenters. The van der Waals surface area contributed by atoms with Crippen LogP contribution in [0.4, 0.5) is 0 Å². The fourth-order valence-electron chi connectivity index (χ4n) is 2.14. The van der Waals surface area contributed by atoms with E-state index in [4.69, 9.17) is 0 Å². The first-order chi connectivity index (χ1) is 5.69. The number of rotatable bonds is 0. The third-order valence-electron chi connectivity index (χ3n) is 4.18. The van der Waals surface area contributed by atoms with Crippen molar-refractivity contribution in [3.05, 3.63) is 0 Å². The van der Waals surface area contributed by atoms with Gasteiger partial charge in [-0.3, -0.25) is 4.90 Å². The fourth-order valence-corrected chi connectivity index (χ4v) is 2.14. The molecule has 1 saturated heterocycles. The molecule has 1 N–H and O–H groups in total. The lowest BCUT2D eigenvalue weighted by atomic mass is 9.81. The molecule has 0 aromatic rings. The quantitative estimate of drug-likeness (QED) is 0.618. The van der Waals surface area contributed by atoms with Crippen molar-refractivity contribution in [2.24, 2.45) is 0 Å². The molecule has 0 saturated carbocycles. The number of hydrogen-bond acceptors (Lipinski definition) is 2. The molecule has 0 aliphatic carbocycles. The molecule has 78 valence electrons. The Kier molecular flexibility index (Phi) is 2.50. The topological polar surface area (TPSA) is 15.3 Å². The van der Waals surface area contributed by atoms with E-state index >= 15 is 0 Å². The number of nitrogens with zero attached hydrogens (tertiary/aromatic N) is 1. The summed E-state index contributed by atoms with van der Waals surface area (Å²) in [6.07, 6.45) is 0. The average molecular weight is 184 g/mol. The van der Waals surface area contributed by atoms with Crippen molar-refractivity contribution in [3.8, 4) is 0 Å². The second kappa shape index (κ2) is 2.96. The highest BCUT2D eigenvalue weighted by Gasteiger charge is 2.45. The number of nitrogens with one attached hydrogen (secondary N) is 1. The predicted molar refractivity (Wildman–Crippen MR) is 58.0 cm³/mol. The van der Waals surface area contributed by atoms with Gasteiger partial charge in [0.25, 0.3) is 0 Å². The molecule has 0 aromatic carbocycles. The highest BCUT2D eigenvalue weighted by atomic mass is 15.3. The Balaban J connectivity index is 2.93. The van der Waals surface area contributed by atoms with E-state index in [1.807, 2.05) is 0 Å². The smallest absolute Gasteiger partial charge is 0.0304 e. The number of hydrogen-bond donors (Lipinski definition) is 1. The van der Waals surface area contributed by atoms with Gasteiger partial charge in [-0.05, 0) is 48.6 Å². The first-order valence-electron chi connectivity index (χ1n) is 5.20. The fraction of sp³-hybridized carbons (Fsp3) is 1.00. The van der Waals surface area contributed by atoms with Gasteiger partial charge in [-0.2, -0.15) is 0 Å². The van der Waals surface area contributed by atoms with Crippen LogP contribution >= 0.6 is 0 Å². The van der Waals surface area contributed by atoms with E-state index in [0.29, 0.717) is 12.1 Å². The van der Waals surface area contributed by atoms with E-state index in [0.717, 1.165) is 0 Å². The largest absolute Gasteiger partial charge is 0.306 e. The summed E-state index contributed by atoms with van der Waals surface area (Å²) in [5.41, 5.74) is 0.457. The Morgan fingerprint density at radius 1 is 1.08 bits per heavy atom. The van der Waals surface area contributed by atoms with E-state index in [2.05, 4.69) is 58.8 Å². The third kappa shape index (κ3) is 1.62. The zero-order valence-electron chi connectivity index (χ0n) is 10.1. The van der Waals surface area contributed by atoms with E-state index in [1.165, 1.54) is 0 Å². The van der Waals surface area contributed by atoms with Gasteiger partial charge in [0.1, 0.15) is 0 Å². The van der Waals surface area contributed by atoms with Gasteiger partial charge in [0, 0.05) is 23.2 Å². The maximum atomic E-state index is 3.68. The average Bonchev–Trinajstić information content (AvgIpc) is 1.98. The summed E-state index contributed by atoms with van der Waals surface area (Å²) in [5.74, 6) is 0. The molecule has 0 bridgehead atoms. The van der Waals surface area contributed by atoms with Crippen LogP contribution in [0.15, 0.2) is 0 Å². The van der Waals surface area contributed by atoms with Crippen LogP contribution in [0.1, 0.15) is 41.5 Å². The van der Waals surface area contributed by atoms with Crippen molar-refractivity contribution in [2.75, 3.05) is 7.05 Å². The normalized spacial score (nSPS) is 39.0. The van der Waals surface area contributed by atoms with Crippen molar-refractivity contribution >= 4 is 0 Å². The van der Waals surface area contributed by atoms with Crippen molar-refractivity contribution in [3.63, 3.8) is 0 Å². The molecule has 2 atom stereocenters. The molecule has 0 aromatic heterocycles. The summed E-state index contributed by atoms with van der Waals surface area (Å²) in [4.78, 5) is 2.48. The predicted octanol–water partition coefficient (Wildman–Crippen LogP) is 1.86. The summed E-state index contributed by atoms with van der Waals surface area (Å²) >= 11 is 0. The van der Waals surface area contributed by atoms with Gasteiger partial charge in [0.2, 0.25) is 0 Å². The standard InChI is InChI=1S/C11H24N2/c1-8-11(5,6)13(7)9(2)10(3,4)12-8/h8-9,12H,1-7H3. The second-order valence-corrected chi connectivity index (χ2v) is 5.53. The summed E-state index contributed by atoms with van der Waals surface area (Å²) in [5, 5.41) is 3.68. The Morgan fingerprint density at radius 2 is 1.54 bits per heavy atom. The van der Waals surface area contributed by atoms with E-state index in [9.17, 15) is 0 Å². The molecule has 1 heterocycles. The van der Waals surface area contributed by atoms with Crippen molar-refractivity contribution in [2.45, 2.75) is 64.7 Å². The van der Waals surface area contributed by atoms with Crippen LogP contribution in [-0.2, 0) is 0 Å². The van der Waals surface area contributed by atoms with Crippen LogP contribution in [-0.4, -0.2) is 35.1 Å². The molecule has 13 heavy (non-hydrogen) atoms. The lowest BCUT2D eigenvalue weighted by Gasteiger charge is -2.56. The molecule has 2 nitrogen and oxygen atoms in total. The minimum absolute atomic E-state index is 0.212. The maximum Gasteiger partial charge on any atom is 0.0304 e. The molecule has 0 radical (unpaired) electrons. The summed E-state index contributed by atoms with van der Waals surface area (Å²) in [6.45, 7) is 13.7. The lowest BCUT2D eigenvalue weighted by molar-refractivity contribution is -0.0194. The van der Waals surface area contributed by atoms with Crippen molar-refractivity contribution < 1.29 is 0 Å².